The Morgan fingerprint density at radius 3 is 2.48 bits per heavy atom. The third-order valence-corrected chi connectivity index (χ3v) is 6.33. The number of hydrogen-bond donors (Lipinski definition) is 1. The number of benzene rings is 1. The predicted molar refractivity (Wildman–Crippen MR) is 90.4 cm³/mol. The molecule has 0 spiro atoms. The average molecular weight is 369 g/mol. The minimum absolute atomic E-state index is 0.114. The van der Waals surface area contributed by atoms with E-state index in [0.717, 1.165) is 0 Å². The predicted octanol–water partition coefficient (Wildman–Crippen LogP) is 1.08. The summed E-state index contributed by atoms with van der Waals surface area (Å²) >= 11 is 0. The molecule has 2 aliphatic heterocycles. The summed E-state index contributed by atoms with van der Waals surface area (Å²) in [6.07, 6.45) is 0.290. The van der Waals surface area contributed by atoms with Gasteiger partial charge in [-0.05, 0) is 18.2 Å². The van der Waals surface area contributed by atoms with Crippen molar-refractivity contribution in [2.45, 2.75) is 25.4 Å². The lowest BCUT2D eigenvalue weighted by Crippen LogP contribution is -2.62. The van der Waals surface area contributed by atoms with Gasteiger partial charge in [0.15, 0.2) is 9.84 Å². The first-order valence-corrected chi connectivity index (χ1v) is 9.96. The molecule has 7 nitrogen and oxygen atoms in total. The Morgan fingerprint density at radius 1 is 1.20 bits per heavy atom. The molecule has 2 heterocycles. The van der Waals surface area contributed by atoms with E-state index in [1.54, 1.807) is 17.9 Å². The highest BCUT2D eigenvalue weighted by molar-refractivity contribution is 7.91. The number of urea groups is 1. The summed E-state index contributed by atoms with van der Waals surface area (Å²) in [5.41, 5.74) is 0.300. The second kappa shape index (κ2) is 6.62. The van der Waals surface area contributed by atoms with Crippen LogP contribution in [0.3, 0.4) is 0 Å². The highest BCUT2D eigenvalue weighted by Gasteiger charge is 2.49. The van der Waals surface area contributed by atoms with Crippen LogP contribution in [-0.4, -0.2) is 66.8 Å². The highest BCUT2D eigenvalue weighted by atomic mass is 32.2. The van der Waals surface area contributed by atoms with Gasteiger partial charge in [-0.1, -0.05) is 13.0 Å². The van der Waals surface area contributed by atoms with Crippen molar-refractivity contribution in [3.8, 4) is 0 Å². The van der Waals surface area contributed by atoms with Gasteiger partial charge in [-0.25, -0.2) is 17.6 Å². The van der Waals surface area contributed by atoms with Crippen molar-refractivity contribution >= 4 is 27.5 Å². The number of hydrogen-bond acceptors (Lipinski definition) is 4. The van der Waals surface area contributed by atoms with Gasteiger partial charge in [0.2, 0.25) is 5.91 Å². The molecule has 2 atom stereocenters. The van der Waals surface area contributed by atoms with Gasteiger partial charge in [-0.15, -0.1) is 0 Å². The standard InChI is InChI=1S/C16H20FN3O4S/c1-2-15(21)19-6-7-20(14-10-25(23,24)9-13(14)19)16(22)18-12-5-3-4-11(17)8-12/h3-5,8,13-14H,2,6-7,9-10H2,1H3,(H,18,22)/t13-,14+/m0/s1. The van der Waals surface area contributed by atoms with E-state index < -0.39 is 33.8 Å². The number of sulfone groups is 1. The van der Waals surface area contributed by atoms with Gasteiger partial charge in [0.05, 0.1) is 23.6 Å². The zero-order valence-corrected chi connectivity index (χ0v) is 14.6. The topological polar surface area (TPSA) is 86.8 Å². The van der Waals surface area contributed by atoms with Crippen LogP contribution in [0.1, 0.15) is 13.3 Å². The molecule has 0 saturated carbocycles. The number of piperazine rings is 1. The number of nitrogens with zero attached hydrogens (tertiary/aromatic N) is 2. The maximum Gasteiger partial charge on any atom is 0.322 e. The molecule has 2 aliphatic rings. The molecule has 0 aliphatic carbocycles. The van der Waals surface area contributed by atoms with Gasteiger partial charge in [-0.3, -0.25) is 4.79 Å². The Labute approximate surface area is 145 Å². The van der Waals surface area contributed by atoms with Crippen molar-refractivity contribution in [1.82, 2.24) is 9.80 Å². The number of carbonyl (C=O) groups excluding carboxylic acids is 2. The zero-order chi connectivity index (χ0) is 18.2. The lowest BCUT2D eigenvalue weighted by atomic mass is 10.0. The monoisotopic (exact) mass is 369 g/mol. The van der Waals surface area contributed by atoms with Crippen LogP contribution >= 0.6 is 0 Å². The molecule has 2 fully saturated rings. The normalized spacial score (nSPS) is 24.7. The summed E-state index contributed by atoms with van der Waals surface area (Å²) in [7, 11) is -3.33. The van der Waals surface area contributed by atoms with Crippen molar-refractivity contribution in [2.75, 3.05) is 29.9 Å². The van der Waals surface area contributed by atoms with Gasteiger partial charge >= 0.3 is 6.03 Å². The number of halogens is 1. The Hall–Kier alpha value is -2.16. The highest BCUT2D eigenvalue weighted by Crippen LogP contribution is 2.28. The smallest absolute Gasteiger partial charge is 0.322 e. The molecule has 0 unspecified atom stereocenters. The summed E-state index contributed by atoms with van der Waals surface area (Å²) in [6, 6.07) is 3.91. The molecule has 1 N–H and O–H groups in total. The molecule has 3 rings (SSSR count). The fourth-order valence-corrected chi connectivity index (χ4v) is 5.46. The molecule has 2 saturated heterocycles. The van der Waals surface area contributed by atoms with Crippen LogP contribution in [0.15, 0.2) is 24.3 Å². The van der Waals surface area contributed by atoms with Crippen LogP contribution < -0.4 is 5.32 Å². The molecule has 25 heavy (non-hydrogen) atoms. The minimum Gasteiger partial charge on any atom is -0.335 e. The summed E-state index contributed by atoms with van der Waals surface area (Å²) in [5.74, 6) is -0.885. The summed E-state index contributed by atoms with van der Waals surface area (Å²) in [4.78, 5) is 27.7. The van der Waals surface area contributed by atoms with E-state index >= 15 is 0 Å². The number of fused-ring (bicyclic) bond motifs is 1. The Kier molecular flexibility index (Phi) is 4.68. The van der Waals surface area contributed by atoms with Gasteiger partial charge in [-0.2, -0.15) is 0 Å². The van der Waals surface area contributed by atoms with E-state index in [-0.39, 0.29) is 24.0 Å². The molecular weight excluding hydrogens is 349 g/mol. The van der Waals surface area contributed by atoms with E-state index in [0.29, 0.717) is 18.7 Å². The Morgan fingerprint density at radius 2 is 1.84 bits per heavy atom. The fraction of sp³-hybridized carbons (Fsp3) is 0.500. The molecule has 0 aromatic heterocycles. The van der Waals surface area contributed by atoms with Gasteiger partial charge in [0.25, 0.3) is 0 Å². The maximum atomic E-state index is 13.3. The summed E-state index contributed by atoms with van der Waals surface area (Å²) in [5, 5.41) is 2.60. The molecular formula is C16H20FN3O4S. The lowest BCUT2D eigenvalue weighted by Gasteiger charge is -2.43. The van der Waals surface area contributed by atoms with Crippen molar-refractivity contribution < 1.29 is 22.4 Å². The van der Waals surface area contributed by atoms with Crippen LogP contribution in [0.2, 0.25) is 0 Å². The first-order valence-electron chi connectivity index (χ1n) is 8.14. The van der Waals surface area contributed by atoms with Crippen molar-refractivity contribution in [3.05, 3.63) is 30.1 Å². The third kappa shape index (κ3) is 3.60. The molecule has 3 amide bonds. The fourth-order valence-electron chi connectivity index (χ4n) is 3.48. The number of anilines is 1. The largest absolute Gasteiger partial charge is 0.335 e. The first kappa shape index (κ1) is 17.7. The zero-order valence-electron chi connectivity index (χ0n) is 13.8. The van der Waals surface area contributed by atoms with Gasteiger partial charge < -0.3 is 15.1 Å². The second-order valence-electron chi connectivity index (χ2n) is 6.29. The molecule has 9 heteroatoms. The van der Waals surface area contributed by atoms with E-state index in [9.17, 15) is 22.4 Å². The maximum absolute atomic E-state index is 13.3. The van der Waals surface area contributed by atoms with E-state index in [1.807, 2.05) is 0 Å². The first-order chi connectivity index (χ1) is 11.8. The summed E-state index contributed by atoms with van der Waals surface area (Å²) < 4.78 is 37.4. The quantitative estimate of drug-likeness (QED) is 0.845. The molecule has 1 aromatic carbocycles. The van der Waals surface area contributed by atoms with Crippen LogP contribution in [0, 0.1) is 5.82 Å². The summed E-state index contributed by atoms with van der Waals surface area (Å²) in [6.45, 7) is 2.26. The molecule has 136 valence electrons. The number of nitrogens with one attached hydrogen (secondary N) is 1. The van der Waals surface area contributed by atoms with Crippen LogP contribution in [0.5, 0.6) is 0 Å². The Bertz CT molecular complexity index is 798. The lowest BCUT2D eigenvalue weighted by molar-refractivity contribution is -0.135. The Balaban J connectivity index is 1.80. The number of rotatable bonds is 2. The average Bonchev–Trinajstić information content (AvgIpc) is 2.87. The van der Waals surface area contributed by atoms with E-state index in [1.165, 1.54) is 23.1 Å². The van der Waals surface area contributed by atoms with Crippen molar-refractivity contribution in [3.63, 3.8) is 0 Å². The molecule has 1 aromatic rings. The van der Waals surface area contributed by atoms with Crippen LogP contribution in [-0.2, 0) is 14.6 Å². The molecule has 0 radical (unpaired) electrons. The van der Waals surface area contributed by atoms with Crippen molar-refractivity contribution in [2.24, 2.45) is 0 Å². The van der Waals surface area contributed by atoms with Gasteiger partial charge in [0, 0.05) is 25.2 Å². The van der Waals surface area contributed by atoms with Gasteiger partial charge in [0.1, 0.15) is 5.82 Å². The van der Waals surface area contributed by atoms with E-state index in [4.69, 9.17) is 0 Å². The number of carbonyl (C=O) groups is 2. The number of amides is 3. The van der Waals surface area contributed by atoms with Crippen LogP contribution in [0.25, 0.3) is 0 Å². The molecule has 0 bridgehead atoms. The SMILES string of the molecule is CCC(=O)N1CCN(C(=O)Nc2cccc(F)c2)[C@@H]2CS(=O)(=O)C[C@@H]21. The third-order valence-electron chi connectivity index (χ3n) is 4.64. The minimum atomic E-state index is -3.33. The van der Waals surface area contributed by atoms with Crippen LogP contribution in [0.4, 0.5) is 14.9 Å². The van der Waals surface area contributed by atoms with E-state index in [2.05, 4.69) is 5.32 Å². The second-order valence-corrected chi connectivity index (χ2v) is 8.44. The van der Waals surface area contributed by atoms with Crippen molar-refractivity contribution in [1.29, 1.82) is 0 Å².